The molecule has 0 amide bonds. The minimum atomic E-state index is -0.0114. The molecule has 0 heterocycles. The van der Waals surface area contributed by atoms with Gasteiger partial charge in [-0.15, -0.1) is 0 Å². The average Bonchev–Trinajstić information content (AvgIpc) is 2.22. The molecule has 0 bridgehead atoms. The monoisotopic (exact) mass is 216 g/mol. The molecule has 1 heteroatoms. The van der Waals surface area contributed by atoms with Crippen molar-refractivity contribution in [2.75, 3.05) is 0 Å². The molecule has 2 rings (SSSR count). The van der Waals surface area contributed by atoms with Gasteiger partial charge in [-0.2, -0.15) is 0 Å². The van der Waals surface area contributed by atoms with Crippen LogP contribution < -0.4 is 0 Å². The van der Waals surface area contributed by atoms with Crippen molar-refractivity contribution in [1.29, 1.82) is 0 Å². The fraction of sp³-hybridized carbons (Fsp3) is 0.533. The quantitative estimate of drug-likeness (QED) is 0.691. The van der Waals surface area contributed by atoms with E-state index in [1.165, 1.54) is 12.0 Å². The number of carbonyl (C=O) groups is 1. The Morgan fingerprint density at radius 3 is 2.62 bits per heavy atom. The van der Waals surface area contributed by atoms with E-state index in [0.29, 0.717) is 5.78 Å². The summed E-state index contributed by atoms with van der Waals surface area (Å²) in [5.41, 5.74) is 2.08. The molecule has 0 N–H and O–H groups in total. The van der Waals surface area contributed by atoms with Crippen LogP contribution in [0.25, 0.3) is 0 Å². The smallest absolute Gasteiger partial charge is 0.169 e. The molecule has 1 saturated carbocycles. The van der Waals surface area contributed by atoms with Gasteiger partial charge < -0.3 is 0 Å². The van der Waals surface area contributed by atoms with Gasteiger partial charge in [0.25, 0.3) is 0 Å². The van der Waals surface area contributed by atoms with Crippen molar-refractivity contribution >= 4 is 5.78 Å². The molecule has 1 aromatic rings. The highest BCUT2D eigenvalue weighted by Crippen LogP contribution is 2.47. The number of ketones is 1. The summed E-state index contributed by atoms with van der Waals surface area (Å²) < 4.78 is 0. The third-order valence-electron chi connectivity index (χ3n) is 3.80. The normalized spacial score (nSPS) is 17.9. The lowest BCUT2D eigenvalue weighted by Crippen LogP contribution is -2.37. The number of Topliss-reactive ketones (excluding diaryl/α,β-unsaturated/α-hetero) is 1. The molecular weight excluding hydrogens is 196 g/mol. The molecule has 1 aliphatic carbocycles. The largest absolute Gasteiger partial charge is 0.294 e. The second-order valence-electron chi connectivity index (χ2n) is 5.08. The van der Waals surface area contributed by atoms with E-state index in [1.807, 2.05) is 31.2 Å². The minimum Gasteiger partial charge on any atom is -0.294 e. The first kappa shape index (κ1) is 11.4. The summed E-state index contributed by atoms with van der Waals surface area (Å²) >= 11 is 0. The van der Waals surface area contributed by atoms with Gasteiger partial charge in [-0.1, -0.05) is 43.5 Å². The SMILES string of the molecule is CCCC1(C(=O)c2cccc(C)c2)CCC1. The van der Waals surface area contributed by atoms with E-state index < -0.39 is 0 Å². The van der Waals surface area contributed by atoms with Gasteiger partial charge in [0.2, 0.25) is 0 Å². The summed E-state index contributed by atoms with van der Waals surface area (Å²) in [6.45, 7) is 4.22. The third-order valence-corrected chi connectivity index (χ3v) is 3.80. The van der Waals surface area contributed by atoms with E-state index in [1.54, 1.807) is 0 Å². The molecule has 1 nitrogen and oxygen atoms in total. The fourth-order valence-corrected chi connectivity index (χ4v) is 2.77. The van der Waals surface area contributed by atoms with Crippen LogP contribution in [0, 0.1) is 12.3 Å². The number of hydrogen-bond donors (Lipinski definition) is 0. The number of rotatable bonds is 4. The van der Waals surface area contributed by atoms with Crippen LogP contribution in [-0.4, -0.2) is 5.78 Å². The average molecular weight is 216 g/mol. The van der Waals surface area contributed by atoms with E-state index in [4.69, 9.17) is 0 Å². The third kappa shape index (κ3) is 1.91. The van der Waals surface area contributed by atoms with Crippen molar-refractivity contribution in [3.8, 4) is 0 Å². The first-order valence-electron chi connectivity index (χ1n) is 6.29. The molecule has 1 aliphatic rings. The number of hydrogen-bond acceptors (Lipinski definition) is 1. The molecule has 0 spiro atoms. The van der Waals surface area contributed by atoms with Crippen LogP contribution in [0.4, 0.5) is 0 Å². The van der Waals surface area contributed by atoms with Crippen LogP contribution in [0.15, 0.2) is 24.3 Å². The zero-order valence-electron chi connectivity index (χ0n) is 10.3. The van der Waals surface area contributed by atoms with Crippen LogP contribution in [0.5, 0.6) is 0 Å². The fourth-order valence-electron chi connectivity index (χ4n) is 2.77. The molecule has 86 valence electrons. The highest BCUT2D eigenvalue weighted by Gasteiger charge is 2.43. The van der Waals surface area contributed by atoms with Gasteiger partial charge in [0.15, 0.2) is 5.78 Å². The van der Waals surface area contributed by atoms with Crippen molar-refractivity contribution in [3.63, 3.8) is 0 Å². The lowest BCUT2D eigenvalue weighted by atomic mass is 9.62. The van der Waals surface area contributed by atoms with Crippen LogP contribution in [-0.2, 0) is 0 Å². The molecule has 0 atom stereocenters. The molecule has 0 aromatic heterocycles. The van der Waals surface area contributed by atoms with Crippen molar-refractivity contribution in [3.05, 3.63) is 35.4 Å². The maximum absolute atomic E-state index is 12.5. The standard InChI is InChI=1S/C15H20O/c1-3-8-15(9-5-10-15)14(16)13-7-4-6-12(2)11-13/h4,6-7,11H,3,5,8-10H2,1-2H3. The summed E-state index contributed by atoms with van der Waals surface area (Å²) in [6.07, 6.45) is 5.57. The predicted molar refractivity (Wildman–Crippen MR) is 66.7 cm³/mol. The van der Waals surface area contributed by atoms with Crippen molar-refractivity contribution in [2.24, 2.45) is 5.41 Å². The Bertz CT molecular complexity index is 388. The summed E-state index contributed by atoms with van der Waals surface area (Å²) in [7, 11) is 0. The van der Waals surface area contributed by atoms with E-state index in [-0.39, 0.29) is 5.41 Å². The maximum atomic E-state index is 12.5. The molecule has 0 unspecified atom stereocenters. The van der Waals surface area contributed by atoms with Gasteiger partial charge in [-0.25, -0.2) is 0 Å². The second-order valence-corrected chi connectivity index (χ2v) is 5.08. The van der Waals surface area contributed by atoms with E-state index in [0.717, 1.165) is 31.2 Å². The Kier molecular flexibility index (Phi) is 3.13. The lowest BCUT2D eigenvalue weighted by Gasteiger charge is -2.40. The first-order valence-corrected chi connectivity index (χ1v) is 6.29. The van der Waals surface area contributed by atoms with E-state index >= 15 is 0 Å². The van der Waals surface area contributed by atoms with Gasteiger partial charge in [0.05, 0.1) is 0 Å². The van der Waals surface area contributed by atoms with Gasteiger partial charge >= 0.3 is 0 Å². The first-order chi connectivity index (χ1) is 7.68. The van der Waals surface area contributed by atoms with Crippen LogP contribution >= 0.6 is 0 Å². The second kappa shape index (κ2) is 4.40. The van der Waals surface area contributed by atoms with E-state index in [9.17, 15) is 4.79 Å². The molecule has 1 aromatic carbocycles. The summed E-state index contributed by atoms with van der Waals surface area (Å²) in [5.74, 6) is 0.379. The zero-order chi connectivity index (χ0) is 11.6. The topological polar surface area (TPSA) is 17.1 Å². The molecule has 0 radical (unpaired) electrons. The highest BCUT2D eigenvalue weighted by atomic mass is 16.1. The van der Waals surface area contributed by atoms with Gasteiger partial charge in [0.1, 0.15) is 0 Å². The van der Waals surface area contributed by atoms with Gasteiger partial charge in [-0.05, 0) is 32.3 Å². The molecule has 16 heavy (non-hydrogen) atoms. The van der Waals surface area contributed by atoms with Crippen LogP contribution in [0.1, 0.15) is 54.9 Å². The van der Waals surface area contributed by atoms with E-state index in [2.05, 4.69) is 6.92 Å². The molecule has 0 aliphatic heterocycles. The highest BCUT2D eigenvalue weighted by molar-refractivity contribution is 6.01. The Morgan fingerprint density at radius 2 is 2.12 bits per heavy atom. The lowest BCUT2D eigenvalue weighted by molar-refractivity contribution is 0.0577. The summed E-state index contributed by atoms with van der Waals surface area (Å²) in [5, 5.41) is 0. The number of benzene rings is 1. The van der Waals surface area contributed by atoms with Crippen LogP contribution in [0.3, 0.4) is 0 Å². The minimum absolute atomic E-state index is 0.0114. The Labute approximate surface area is 97.9 Å². The Morgan fingerprint density at radius 1 is 1.38 bits per heavy atom. The Hall–Kier alpha value is -1.11. The summed E-state index contributed by atoms with van der Waals surface area (Å²) in [4.78, 5) is 12.5. The Balaban J connectivity index is 2.23. The molecular formula is C15H20O. The summed E-state index contributed by atoms with van der Waals surface area (Å²) in [6, 6.07) is 8.02. The molecule has 0 saturated heterocycles. The molecule has 1 fully saturated rings. The van der Waals surface area contributed by atoms with Crippen LogP contribution in [0.2, 0.25) is 0 Å². The number of aryl methyl sites for hydroxylation is 1. The maximum Gasteiger partial charge on any atom is 0.169 e. The van der Waals surface area contributed by atoms with Crippen molar-refractivity contribution < 1.29 is 4.79 Å². The van der Waals surface area contributed by atoms with Crippen molar-refractivity contribution in [1.82, 2.24) is 0 Å². The predicted octanol–water partition coefficient (Wildman–Crippen LogP) is 4.15. The number of carbonyl (C=O) groups excluding carboxylic acids is 1. The zero-order valence-corrected chi connectivity index (χ0v) is 10.3. The van der Waals surface area contributed by atoms with Crippen molar-refractivity contribution in [2.45, 2.75) is 46.0 Å². The van der Waals surface area contributed by atoms with Gasteiger partial charge in [-0.3, -0.25) is 4.79 Å². The van der Waals surface area contributed by atoms with Gasteiger partial charge in [0, 0.05) is 11.0 Å².